The summed E-state index contributed by atoms with van der Waals surface area (Å²) in [5, 5.41) is 0. The predicted molar refractivity (Wildman–Crippen MR) is 108 cm³/mol. The van der Waals surface area contributed by atoms with Crippen LogP contribution in [0.1, 0.15) is 71.1 Å². The van der Waals surface area contributed by atoms with Gasteiger partial charge >= 0.3 is 0 Å². The molecule has 0 atom stereocenters. The van der Waals surface area contributed by atoms with E-state index in [2.05, 4.69) is 4.90 Å². The maximum atomic E-state index is 12.9. The molecular formula is C19H34N2O3S2. The number of amides is 1. The van der Waals surface area contributed by atoms with Crippen molar-refractivity contribution >= 4 is 27.7 Å². The van der Waals surface area contributed by atoms with Crippen LogP contribution in [0.2, 0.25) is 0 Å². The number of piperidine rings is 1. The van der Waals surface area contributed by atoms with Gasteiger partial charge in [-0.3, -0.25) is 4.79 Å². The van der Waals surface area contributed by atoms with Gasteiger partial charge in [-0.1, -0.05) is 39.0 Å². The lowest BCUT2D eigenvalue weighted by Gasteiger charge is -2.43. The van der Waals surface area contributed by atoms with E-state index in [-0.39, 0.29) is 10.6 Å². The van der Waals surface area contributed by atoms with Gasteiger partial charge in [0, 0.05) is 31.8 Å². The molecule has 150 valence electrons. The van der Waals surface area contributed by atoms with Crippen molar-refractivity contribution in [2.24, 2.45) is 5.92 Å². The summed E-state index contributed by atoms with van der Waals surface area (Å²) in [5.74, 6) is 2.28. The lowest BCUT2D eigenvalue weighted by Crippen LogP contribution is -2.53. The van der Waals surface area contributed by atoms with E-state index in [0.717, 1.165) is 50.3 Å². The molecule has 2 aliphatic heterocycles. The third-order valence-corrected chi connectivity index (χ3v) is 9.88. The third-order valence-electron chi connectivity index (χ3n) is 6.37. The molecule has 0 radical (unpaired) electrons. The van der Waals surface area contributed by atoms with Gasteiger partial charge in [0.25, 0.3) is 0 Å². The van der Waals surface area contributed by atoms with Crippen molar-refractivity contribution in [2.45, 2.75) is 76.0 Å². The molecule has 5 nitrogen and oxygen atoms in total. The summed E-state index contributed by atoms with van der Waals surface area (Å²) >= 11 is 1.87. The number of thioether (sulfide) groups is 1. The second-order valence-electron chi connectivity index (χ2n) is 8.10. The fraction of sp³-hybridized carbons (Fsp3) is 0.947. The minimum Gasteiger partial charge on any atom is -0.327 e. The van der Waals surface area contributed by atoms with E-state index >= 15 is 0 Å². The molecule has 1 saturated carbocycles. The molecule has 1 amide bonds. The number of carbonyl (C=O) groups is 1. The average Bonchev–Trinajstić information content (AvgIpc) is 3.29. The Morgan fingerprint density at radius 2 is 1.85 bits per heavy atom. The van der Waals surface area contributed by atoms with Crippen molar-refractivity contribution in [1.82, 2.24) is 9.21 Å². The number of sulfonamides is 1. The first-order chi connectivity index (χ1) is 12.5. The second-order valence-corrected chi connectivity index (χ2v) is 11.6. The zero-order chi connectivity index (χ0) is 18.6. The molecule has 3 fully saturated rings. The van der Waals surface area contributed by atoms with Crippen LogP contribution in [0.5, 0.6) is 0 Å². The Balaban J connectivity index is 1.55. The molecule has 0 bridgehead atoms. The largest absolute Gasteiger partial charge is 0.327 e. The third kappa shape index (κ3) is 4.58. The van der Waals surface area contributed by atoms with E-state index < -0.39 is 10.0 Å². The molecule has 0 N–H and O–H groups in total. The Morgan fingerprint density at radius 1 is 1.15 bits per heavy atom. The molecule has 0 aromatic heterocycles. The Labute approximate surface area is 163 Å². The van der Waals surface area contributed by atoms with Gasteiger partial charge in [0.15, 0.2) is 0 Å². The molecular weight excluding hydrogens is 368 g/mol. The highest BCUT2D eigenvalue weighted by Crippen LogP contribution is 2.45. The summed E-state index contributed by atoms with van der Waals surface area (Å²) < 4.78 is 26.6. The maximum Gasteiger partial charge on any atom is 0.223 e. The van der Waals surface area contributed by atoms with Gasteiger partial charge in [0.2, 0.25) is 15.9 Å². The van der Waals surface area contributed by atoms with Crippen LogP contribution in [0.3, 0.4) is 0 Å². The minimum atomic E-state index is -3.13. The highest BCUT2D eigenvalue weighted by Gasteiger charge is 2.47. The first-order valence-corrected chi connectivity index (χ1v) is 13.0. The van der Waals surface area contributed by atoms with Gasteiger partial charge < -0.3 is 4.90 Å². The van der Waals surface area contributed by atoms with E-state index in [9.17, 15) is 13.2 Å². The van der Waals surface area contributed by atoms with Crippen LogP contribution in [0.4, 0.5) is 0 Å². The molecule has 7 heteroatoms. The smallest absolute Gasteiger partial charge is 0.223 e. The summed E-state index contributed by atoms with van der Waals surface area (Å²) in [5.41, 5.74) is 0. The van der Waals surface area contributed by atoms with Crippen LogP contribution in [0.25, 0.3) is 0 Å². The van der Waals surface area contributed by atoms with Crippen molar-refractivity contribution in [3.05, 3.63) is 0 Å². The monoisotopic (exact) mass is 402 g/mol. The highest BCUT2D eigenvalue weighted by molar-refractivity contribution is 8.00. The van der Waals surface area contributed by atoms with Crippen LogP contribution < -0.4 is 0 Å². The fourth-order valence-corrected chi connectivity index (χ4v) is 7.83. The van der Waals surface area contributed by atoms with Gasteiger partial charge in [-0.25, -0.2) is 12.7 Å². The van der Waals surface area contributed by atoms with Crippen LogP contribution in [0.15, 0.2) is 0 Å². The van der Waals surface area contributed by atoms with Crippen molar-refractivity contribution in [1.29, 1.82) is 0 Å². The molecule has 0 unspecified atom stereocenters. The Hall–Kier alpha value is -0.270. The second kappa shape index (κ2) is 8.82. The number of nitrogens with zero attached hydrogens (tertiary/aromatic N) is 2. The van der Waals surface area contributed by atoms with Gasteiger partial charge in [0.05, 0.1) is 10.6 Å². The Morgan fingerprint density at radius 3 is 2.50 bits per heavy atom. The maximum absolute atomic E-state index is 12.9. The summed E-state index contributed by atoms with van der Waals surface area (Å²) in [6.07, 6.45) is 10.1. The van der Waals surface area contributed by atoms with E-state index in [1.54, 1.807) is 4.31 Å². The van der Waals surface area contributed by atoms with E-state index in [4.69, 9.17) is 0 Å². The lowest BCUT2D eigenvalue weighted by molar-refractivity contribution is -0.134. The van der Waals surface area contributed by atoms with E-state index in [0.29, 0.717) is 25.4 Å². The van der Waals surface area contributed by atoms with Crippen molar-refractivity contribution in [2.75, 3.05) is 31.1 Å². The molecule has 0 aromatic carbocycles. The summed E-state index contributed by atoms with van der Waals surface area (Å²) in [7, 11) is -3.13. The molecule has 1 spiro atoms. The van der Waals surface area contributed by atoms with Crippen LogP contribution in [-0.4, -0.2) is 59.5 Å². The molecule has 3 aliphatic rings. The molecule has 2 heterocycles. The van der Waals surface area contributed by atoms with E-state index in [1.165, 1.54) is 25.7 Å². The van der Waals surface area contributed by atoms with Crippen LogP contribution >= 0.6 is 11.8 Å². The quantitative estimate of drug-likeness (QED) is 0.654. The van der Waals surface area contributed by atoms with Crippen molar-refractivity contribution < 1.29 is 13.2 Å². The summed E-state index contributed by atoms with van der Waals surface area (Å²) in [6.45, 7) is 3.97. The van der Waals surface area contributed by atoms with Crippen molar-refractivity contribution in [3.8, 4) is 0 Å². The molecule has 1 aliphatic carbocycles. The van der Waals surface area contributed by atoms with Gasteiger partial charge in [-0.15, -0.1) is 11.8 Å². The molecule has 26 heavy (non-hydrogen) atoms. The molecule has 3 rings (SSSR count). The molecule has 2 saturated heterocycles. The SMILES string of the molecule is CCCCS(=O)(=O)N1CCC2(CC1)SCCN2C(=O)CCC1CCCC1. The standard InChI is InChI=1S/C19H34N2O3S2/c1-2-3-16-26(23,24)20-12-10-19(11-13-20)21(14-15-25-19)18(22)9-8-17-6-4-5-7-17/h17H,2-16H2,1H3. The first kappa shape index (κ1) is 20.5. The fourth-order valence-electron chi connectivity index (χ4n) is 4.71. The number of hydrogen-bond donors (Lipinski definition) is 0. The number of rotatable bonds is 7. The Kier molecular flexibility index (Phi) is 6.94. The molecule has 0 aromatic rings. The topological polar surface area (TPSA) is 57.7 Å². The van der Waals surface area contributed by atoms with E-state index in [1.807, 2.05) is 18.7 Å². The lowest BCUT2D eigenvalue weighted by atomic mass is 9.99. The number of hydrogen-bond acceptors (Lipinski definition) is 4. The van der Waals surface area contributed by atoms with Gasteiger partial charge in [-0.05, 0) is 31.6 Å². The highest BCUT2D eigenvalue weighted by atomic mass is 32.2. The normalized spacial score (nSPS) is 24.6. The first-order valence-electron chi connectivity index (χ1n) is 10.4. The van der Waals surface area contributed by atoms with Crippen LogP contribution in [-0.2, 0) is 14.8 Å². The van der Waals surface area contributed by atoms with Gasteiger partial charge in [-0.2, -0.15) is 0 Å². The van der Waals surface area contributed by atoms with Gasteiger partial charge in [0.1, 0.15) is 0 Å². The van der Waals surface area contributed by atoms with Crippen molar-refractivity contribution in [3.63, 3.8) is 0 Å². The Bertz CT molecular complexity index is 580. The minimum absolute atomic E-state index is 0.149. The number of unbranched alkanes of at least 4 members (excludes halogenated alkanes) is 1. The summed E-state index contributed by atoms with van der Waals surface area (Å²) in [4.78, 5) is 14.8. The summed E-state index contributed by atoms with van der Waals surface area (Å²) in [6, 6.07) is 0. The van der Waals surface area contributed by atoms with Crippen LogP contribution in [0, 0.1) is 5.92 Å². The average molecular weight is 403 g/mol. The number of carbonyl (C=O) groups excluding carboxylic acids is 1. The zero-order valence-electron chi connectivity index (χ0n) is 16.1. The zero-order valence-corrected chi connectivity index (χ0v) is 17.8. The predicted octanol–water partition coefficient (Wildman–Crippen LogP) is 3.45.